The minimum absolute atomic E-state index is 0.0578. The molecule has 2 atom stereocenters. The number of benzene rings is 2. The molecule has 0 amide bonds. The molecular weight excluding hydrogens is 396 g/mol. The smallest absolute Gasteiger partial charge is 0.340 e. The second-order valence-electron chi connectivity index (χ2n) is 8.88. The zero-order chi connectivity index (χ0) is 21.8. The Morgan fingerprint density at radius 3 is 2.34 bits per heavy atom. The van der Waals surface area contributed by atoms with Crippen LogP contribution in [0.15, 0.2) is 72.8 Å². The van der Waals surface area contributed by atoms with E-state index in [4.69, 9.17) is 9.47 Å². The second kappa shape index (κ2) is 7.51. The van der Waals surface area contributed by atoms with Crippen molar-refractivity contribution in [2.45, 2.75) is 38.3 Å². The van der Waals surface area contributed by atoms with Crippen molar-refractivity contribution in [1.29, 1.82) is 0 Å². The van der Waals surface area contributed by atoms with Gasteiger partial charge < -0.3 is 9.47 Å². The predicted molar refractivity (Wildman–Crippen MR) is 125 cm³/mol. The highest BCUT2D eigenvalue weighted by Gasteiger charge is 2.42. The molecule has 0 saturated heterocycles. The molecule has 3 aliphatic heterocycles. The van der Waals surface area contributed by atoms with E-state index in [0.717, 1.165) is 13.1 Å². The van der Waals surface area contributed by atoms with Crippen molar-refractivity contribution in [1.82, 2.24) is 0 Å². The molecule has 6 rings (SSSR count). The van der Waals surface area contributed by atoms with Gasteiger partial charge in [-0.1, -0.05) is 30.3 Å². The molecule has 160 valence electrons. The van der Waals surface area contributed by atoms with Gasteiger partial charge in [-0.2, -0.15) is 4.58 Å². The van der Waals surface area contributed by atoms with Crippen LogP contribution >= 0.6 is 0 Å². The van der Waals surface area contributed by atoms with Gasteiger partial charge in [-0.15, -0.1) is 4.57 Å². The molecule has 0 spiro atoms. The lowest BCUT2D eigenvalue weighted by Gasteiger charge is -2.32. The van der Waals surface area contributed by atoms with Gasteiger partial charge in [0.1, 0.15) is 0 Å². The molecule has 2 aromatic carbocycles. The van der Waals surface area contributed by atoms with Crippen molar-refractivity contribution in [3.05, 3.63) is 89.5 Å². The highest BCUT2D eigenvalue weighted by atomic mass is 16.7. The Labute approximate surface area is 189 Å². The molecule has 0 aliphatic carbocycles. The van der Waals surface area contributed by atoms with Gasteiger partial charge in [0.15, 0.2) is 12.3 Å². The van der Waals surface area contributed by atoms with Gasteiger partial charge in [0, 0.05) is 38.8 Å². The van der Waals surface area contributed by atoms with Crippen LogP contribution in [0.4, 0.5) is 0 Å². The molecule has 2 unspecified atom stereocenters. The molecule has 0 fully saturated rings. The van der Waals surface area contributed by atoms with Gasteiger partial charge >= 0.3 is 6.67 Å². The number of fused-ring (bicyclic) bond motifs is 3. The summed E-state index contributed by atoms with van der Waals surface area (Å²) in [7, 11) is 3.48. The lowest BCUT2D eigenvalue weighted by Crippen LogP contribution is -2.50. The van der Waals surface area contributed by atoms with E-state index in [-0.39, 0.29) is 5.92 Å². The van der Waals surface area contributed by atoms with E-state index in [1.165, 1.54) is 44.9 Å². The van der Waals surface area contributed by atoms with Crippen LogP contribution in [0.25, 0.3) is 22.5 Å². The summed E-state index contributed by atoms with van der Waals surface area (Å²) in [5.74, 6) is -0.0578. The SMILES string of the molecule is COC(OC)C1c2ccccc2-c2cccc3[n+]2C[N+]2=C(C=CCC2C)c2cccc-3c21. The molecule has 32 heavy (non-hydrogen) atoms. The van der Waals surface area contributed by atoms with Gasteiger partial charge in [0.2, 0.25) is 17.1 Å². The topological polar surface area (TPSA) is 25.4 Å². The van der Waals surface area contributed by atoms with Crippen molar-refractivity contribution in [3.8, 4) is 22.5 Å². The van der Waals surface area contributed by atoms with Crippen molar-refractivity contribution in [3.63, 3.8) is 0 Å². The Morgan fingerprint density at radius 2 is 1.53 bits per heavy atom. The van der Waals surface area contributed by atoms with Crippen LogP contribution in [0.5, 0.6) is 0 Å². The van der Waals surface area contributed by atoms with E-state index in [1.54, 1.807) is 14.2 Å². The summed E-state index contributed by atoms with van der Waals surface area (Å²) in [6, 6.07) is 22.5. The Morgan fingerprint density at radius 1 is 0.844 bits per heavy atom. The van der Waals surface area contributed by atoms with Crippen LogP contribution in [-0.2, 0) is 16.1 Å². The maximum absolute atomic E-state index is 5.95. The van der Waals surface area contributed by atoms with Crippen LogP contribution < -0.4 is 4.57 Å². The largest absolute Gasteiger partial charge is 0.355 e. The van der Waals surface area contributed by atoms with Gasteiger partial charge in [-0.25, -0.2) is 0 Å². The summed E-state index contributed by atoms with van der Waals surface area (Å²) in [4.78, 5) is 0. The van der Waals surface area contributed by atoms with Crippen molar-refractivity contribution in [2.75, 3.05) is 14.2 Å². The van der Waals surface area contributed by atoms with Crippen LogP contribution in [0.3, 0.4) is 0 Å². The van der Waals surface area contributed by atoms with Crippen molar-refractivity contribution < 1.29 is 18.6 Å². The molecule has 4 nitrogen and oxygen atoms in total. The number of hydrogen-bond donors (Lipinski definition) is 0. The average molecular weight is 425 g/mol. The summed E-state index contributed by atoms with van der Waals surface area (Å²) < 4.78 is 16.9. The summed E-state index contributed by atoms with van der Waals surface area (Å²) in [5.41, 5.74) is 10.0. The Kier molecular flexibility index (Phi) is 4.60. The molecule has 1 aromatic heterocycles. The average Bonchev–Trinajstić information content (AvgIpc) is 2.83. The number of allylic oxidation sites excluding steroid dienone is 1. The van der Waals surface area contributed by atoms with Crippen LogP contribution in [0.1, 0.15) is 36.0 Å². The third-order valence-electron chi connectivity index (χ3n) is 7.26. The Balaban J connectivity index is 1.83. The maximum Gasteiger partial charge on any atom is 0.340 e. The molecule has 3 aromatic rings. The van der Waals surface area contributed by atoms with Crippen LogP contribution in [0, 0.1) is 0 Å². The summed E-state index contributed by atoms with van der Waals surface area (Å²) in [6.45, 7) is 3.15. The number of ether oxygens (including phenoxy) is 2. The fourth-order valence-electron chi connectivity index (χ4n) is 5.77. The number of pyridine rings is 1. The van der Waals surface area contributed by atoms with Crippen LogP contribution in [-0.4, -0.2) is 36.8 Å². The molecule has 6 bridgehead atoms. The molecule has 3 aliphatic rings. The lowest BCUT2D eigenvalue weighted by atomic mass is 9.78. The third-order valence-corrected chi connectivity index (χ3v) is 7.26. The van der Waals surface area contributed by atoms with E-state index in [9.17, 15) is 0 Å². The van der Waals surface area contributed by atoms with E-state index in [2.05, 4.69) is 88.9 Å². The predicted octanol–water partition coefficient (Wildman–Crippen LogP) is 4.49. The van der Waals surface area contributed by atoms with Gasteiger partial charge in [0.25, 0.3) is 0 Å². The van der Waals surface area contributed by atoms with Gasteiger partial charge in [0.05, 0.1) is 22.6 Å². The normalized spacial score (nSPS) is 20.4. The fourth-order valence-corrected chi connectivity index (χ4v) is 5.77. The first-order chi connectivity index (χ1) is 15.7. The van der Waals surface area contributed by atoms with Gasteiger partial charge in [-0.3, -0.25) is 0 Å². The number of nitrogens with zero attached hydrogens (tertiary/aromatic N) is 2. The fraction of sp³-hybridized carbons (Fsp3) is 0.286. The van der Waals surface area contributed by atoms with E-state index < -0.39 is 6.29 Å². The van der Waals surface area contributed by atoms with Crippen LogP contribution in [0.2, 0.25) is 0 Å². The number of rotatable bonds is 3. The quantitative estimate of drug-likeness (QED) is 0.457. The molecule has 0 radical (unpaired) electrons. The monoisotopic (exact) mass is 424 g/mol. The summed E-state index contributed by atoms with van der Waals surface area (Å²) >= 11 is 0. The molecular formula is C28H28N2O2+2. The maximum atomic E-state index is 5.95. The third kappa shape index (κ3) is 2.70. The molecule has 0 N–H and O–H groups in total. The first-order valence-corrected chi connectivity index (χ1v) is 11.3. The number of hydrogen-bond acceptors (Lipinski definition) is 2. The van der Waals surface area contributed by atoms with Crippen molar-refractivity contribution in [2.24, 2.45) is 0 Å². The number of aromatic nitrogens is 1. The standard InChI is InChI=1S/C28H28N2O2/c1-18-9-6-14-24-21-12-7-13-22-25-16-8-15-23(30(25)17-29(18)24)19-10-4-5-11-20(19)27(26(21)22)28(31-2)32-3/h4-8,10-16,18,27-28H,9,17H2,1-3H3/q+2. The van der Waals surface area contributed by atoms with Gasteiger partial charge in [-0.05, 0) is 42.3 Å². The zero-order valence-corrected chi connectivity index (χ0v) is 18.8. The summed E-state index contributed by atoms with van der Waals surface area (Å²) in [6.07, 6.45) is 5.27. The highest BCUT2D eigenvalue weighted by Crippen LogP contribution is 2.44. The first-order valence-electron chi connectivity index (χ1n) is 11.3. The van der Waals surface area contributed by atoms with E-state index in [0.29, 0.717) is 6.04 Å². The minimum atomic E-state index is -0.396. The lowest BCUT2D eigenvalue weighted by molar-refractivity contribution is -0.846. The second-order valence-corrected chi connectivity index (χ2v) is 8.88. The first kappa shape index (κ1) is 19.6. The zero-order valence-electron chi connectivity index (χ0n) is 18.8. The molecule has 0 saturated carbocycles. The molecule has 4 heterocycles. The Bertz CT molecular complexity index is 1270. The minimum Gasteiger partial charge on any atom is -0.355 e. The molecule has 4 heteroatoms. The van der Waals surface area contributed by atoms with E-state index >= 15 is 0 Å². The summed E-state index contributed by atoms with van der Waals surface area (Å²) in [5, 5.41) is 0. The van der Waals surface area contributed by atoms with Crippen molar-refractivity contribution >= 4 is 5.71 Å². The van der Waals surface area contributed by atoms with E-state index in [1.807, 2.05) is 0 Å². The number of methoxy groups -OCH3 is 2. The highest BCUT2D eigenvalue weighted by molar-refractivity contribution is 6.08. The Hall–Kier alpha value is -3.08.